The molecule has 0 spiro atoms. The first-order chi connectivity index (χ1) is 17.2. The molecule has 1 unspecified atom stereocenters. The highest BCUT2D eigenvalue weighted by Gasteiger charge is 2.36. The lowest BCUT2D eigenvalue weighted by molar-refractivity contribution is -0.135. The van der Waals surface area contributed by atoms with Crippen molar-refractivity contribution in [2.45, 2.75) is 44.5 Å². The molecule has 0 aliphatic carbocycles. The van der Waals surface area contributed by atoms with E-state index >= 15 is 0 Å². The standard InChI is InChI=1S/C28H29F2N3O3/c1-2-17-6-5-7-18(10-17)15-33(28(36)26-22-8-3-4-9-23(22)27(35)32-26)16-25(34)24(31)13-19-11-20(29)14-21(30)12-19/h3-12,14,24-26,34H,2,13,15-16,31H2,1H3,(H,32,35)/t24-,25+,26?/m0/s1. The molecule has 1 aliphatic heterocycles. The summed E-state index contributed by atoms with van der Waals surface area (Å²) in [6, 6.07) is 16.0. The van der Waals surface area contributed by atoms with Gasteiger partial charge in [0.25, 0.3) is 5.91 Å². The predicted octanol–water partition coefficient (Wildman–Crippen LogP) is 3.27. The van der Waals surface area contributed by atoms with Crippen molar-refractivity contribution in [3.8, 4) is 0 Å². The molecule has 6 nitrogen and oxygen atoms in total. The van der Waals surface area contributed by atoms with Crippen molar-refractivity contribution < 1.29 is 23.5 Å². The van der Waals surface area contributed by atoms with Crippen LogP contribution in [0.4, 0.5) is 8.78 Å². The van der Waals surface area contributed by atoms with Crippen molar-refractivity contribution in [3.63, 3.8) is 0 Å². The van der Waals surface area contributed by atoms with Crippen molar-refractivity contribution in [1.29, 1.82) is 0 Å². The quantitative estimate of drug-likeness (QED) is 0.426. The first kappa shape index (κ1) is 25.5. The van der Waals surface area contributed by atoms with Crippen molar-refractivity contribution in [1.82, 2.24) is 10.2 Å². The largest absolute Gasteiger partial charge is 0.390 e. The van der Waals surface area contributed by atoms with Gasteiger partial charge in [0.2, 0.25) is 5.91 Å². The Morgan fingerprint density at radius 3 is 2.44 bits per heavy atom. The molecule has 8 heteroatoms. The molecule has 4 rings (SSSR count). The molecular formula is C28H29F2N3O3. The van der Waals surface area contributed by atoms with Crippen LogP contribution in [0.1, 0.15) is 45.6 Å². The summed E-state index contributed by atoms with van der Waals surface area (Å²) < 4.78 is 27.2. The van der Waals surface area contributed by atoms with Gasteiger partial charge in [-0.2, -0.15) is 0 Å². The van der Waals surface area contributed by atoms with Gasteiger partial charge in [0.05, 0.1) is 6.10 Å². The van der Waals surface area contributed by atoms with Crippen molar-refractivity contribution in [2.75, 3.05) is 6.54 Å². The van der Waals surface area contributed by atoms with E-state index in [1.165, 1.54) is 17.0 Å². The van der Waals surface area contributed by atoms with Gasteiger partial charge >= 0.3 is 0 Å². The van der Waals surface area contributed by atoms with Crippen LogP contribution < -0.4 is 11.1 Å². The number of nitrogens with zero attached hydrogens (tertiary/aromatic N) is 1. The average Bonchev–Trinajstić information content (AvgIpc) is 3.19. The summed E-state index contributed by atoms with van der Waals surface area (Å²) in [5.74, 6) is -2.16. The molecular weight excluding hydrogens is 464 g/mol. The van der Waals surface area contributed by atoms with E-state index < -0.39 is 29.8 Å². The van der Waals surface area contributed by atoms with Gasteiger partial charge in [-0.05, 0) is 53.3 Å². The molecule has 188 valence electrons. The molecule has 1 heterocycles. The zero-order valence-electron chi connectivity index (χ0n) is 20.0. The van der Waals surface area contributed by atoms with E-state index in [1.807, 2.05) is 31.2 Å². The van der Waals surface area contributed by atoms with E-state index in [2.05, 4.69) is 5.32 Å². The highest BCUT2D eigenvalue weighted by molar-refractivity contribution is 6.04. The molecule has 2 amide bonds. The number of nitrogens with two attached hydrogens (primary N) is 1. The van der Waals surface area contributed by atoms with Gasteiger partial charge in [-0.15, -0.1) is 0 Å². The van der Waals surface area contributed by atoms with Crippen LogP contribution in [0.3, 0.4) is 0 Å². The van der Waals surface area contributed by atoms with Crippen LogP contribution in [0, 0.1) is 11.6 Å². The van der Waals surface area contributed by atoms with E-state index in [0.29, 0.717) is 16.7 Å². The molecule has 4 N–H and O–H groups in total. The van der Waals surface area contributed by atoms with Gasteiger partial charge < -0.3 is 21.1 Å². The van der Waals surface area contributed by atoms with Crippen LogP contribution in [-0.2, 0) is 24.2 Å². The molecule has 3 atom stereocenters. The monoisotopic (exact) mass is 493 g/mol. The number of aliphatic hydroxyl groups excluding tert-OH is 1. The summed E-state index contributed by atoms with van der Waals surface area (Å²) in [5.41, 5.74) is 9.48. The van der Waals surface area contributed by atoms with E-state index in [-0.39, 0.29) is 31.3 Å². The first-order valence-electron chi connectivity index (χ1n) is 11.9. The van der Waals surface area contributed by atoms with Crippen molar-refractivity contribution in [2.24, 2.45) is 5.73 Å². The van der Waals surface area contributed by atoms with Gasteiger partial charge in [-0.3, -0.25) is 9.59 Å². The number of hydrogen-bond donors (Lipinski definition) is 3. The highest BCUT2D eigenvalue weighted by Crippen LogP contribution is 2.27. The maximum Gasteiger partial charge on any atom is 0.252 e. The Labute approximate surface area is 208 Å². The Balaban J connectivity index is 1.56. The average molecular weight is 494 g/mol. The fraction of sp³-hybridized carbons (Fsp3) is 0.286. The lowest BCUT2D eigenvalue weighted by Gasteiger charge is -2.30. The Morgan fingerprint density at radius 1 is 1.03 bits per heavy atom. The molecule has 0 saturated carbocycles. The normalized spacial score (nSPS) is 16.2. The number of aliphatic hydroxyl groups is 1. The number of hydrogen-bond acceptors (Lipinski definition) is 4. The predicted molar refractivity (Wildman–Crippen MR) is 132 cm³/mol. The highest BCUT2D eigenvalue weighted by atomic mass is 19.1. The fourth-order valence-electron chi connectivity index (χ4n) is 4.52. The lowest BCUT2D eigenvalue weighted by Crippen LogP contribution is -2.48. The van der Waals surface area contributed by atoms with Crippen molar-refractivity contribution >= 4 is 11.8 Å². The zero-order valence-corrected chi connectivity index (χ0v) is 20.0. The third-order valence-electron chi connectivity index (χ3n) is 6.42. The lowest BCUT2D eigenvalue weighted by atomic mass is 10.00. The maximum atomic E-state index is 13.7. The molecule has 0 fully saturated rings. The first-order valence-corrected chi connectivity index (χ1v) is 11.9. The van der Waals surface area contributed by atoms with Gasteiger partial charge in [-0.1, -0.05) is 49.4 Å². The molecule has 3 aromatic rings. The van der Waals surface area contributed by atoms with E-state index in [1.54, 1.807) is 24.3 Å². The maximum absolute atomic E-state index is 13.7. The number of halogens is 2. The van der Waals surface area contributed by atoms with E-state index in [0.717, 1.165) is 23.6 Å². The minimum Gasteiger partial charge on any atom is -0.390 e. The number of aryl methyl sites for hydroxylation is 1. The number of benzene rings is 3. The third-order valence-corrected chi connectivity index (χ3v) is 6.42. The Kier molecular flexibility index (Phi) is 7.76. The van der Waals surface area contributed by atoms with Gasteiger partial charge in [0.15, 0.2) is 0 Å². The van der Waals surface area contributed by atoms with Crippen molar-refractivity contribution in [3.05, 3.63) is 106 Å². The van der Waals surface area contributed by atoms with E-state index in [4.69, 9.17) is 5.73 Å². The summed E-state index contributed by atoms with van der Waals surface area (Å²) in [6.45, 7) is 2.10. The zero-order chi connectivity index (χ0) is 25.8. The number of rotatable bonds is 9. The summed E-state index contributed by atoms with van der Waals surface area (Å²) in [4.78, 5) is 27.6. The van der Waals surface area contributed by atoms with Crippen LogP contribution in [0.2, 0.25) is 0 Å². The second-order valence-corrected chi connectivity index (χ2v) is 9.10. The van der Waals surface area contributed by atoms with Gasteiger partial charge in [-0.25, -0.2) is 8.78 Å². The molecule has 1 aliphatic rings. The smallest absolute Gasteiger partial charge is 0.252 e. The molecule has 0 aromatic heterocycles. The van der Waals surface area contributed by atoms with Gasteiger partial charge in [0, 0.05) is 30.8 Å². The minimum absolute atomic E-state index is 0.0200. The summed E-state index contributed by atoms with van der Waals surface area (Å²) in [5, 5.41) is 13.6. The summed E-state index contributed by atoms with van der Waals surface area (Å²) >= 11 is 0. The van der Waals surface area contributed by atoms with E-state index in [9.17, 15) is 23.5 Å². The molecule has 3 aromatic carbocycles. The fourth-order valence-corrected chi connectivity index (χ4v) is 4.52. The Hall–Kier alpha value is -3.62. The molecule has 36 heavy (non-hydrogen) atoms. The second kappa shape index (κ2) is 11.0. The topological polar surface area (TPSA) is 95.7 Å². The number of carbonyl (C=O) groups is 2. The van der Waals surface area contributed by atoms with Crippen LogP contribution in [0.15, 0.2) is 66.7 Å². The number of carbonyl (C=O) groups excluding carboxylic acids is 2. The number of amides is 2. The molecule has 0 bridgehead atoms. The Bertz CT molecular complexity index is 1250. The summed E-state index contributed by atoms with van der Waals surface area (Å²) in [6.07, 6.45) is -0.334. The van der Waals surface area contributed by atoms with Crippen LogP contribution in [-0.4, -0.2) is 40.5 Å². The SMILES string of the molecule is CCc1cccc(CN(C[C@@H](O)[C@@H](N)Cc2cc(F)cc(F)c2)C(=O)C2NC(=O)c3ccccc32)c1. The molecule has 0 saturated heterocycles. The third kappa shape index (κ3) is 5.78. The van der Waals surface area contributed by atoms with Gasteiger partial charge in [0.1, 0.15) is 17.7 Å². The Morgan fingerprint density at radius 2 is 1.72 bits per heavy atom. The minimum atomic E-state index is -1.18. The van der Waals surface area contributed by atoms with Crippen LogP contribution in [0.5, 0.6) is 0 Å². The molecule has 0 radical (unpaired) electrons. The second-order valence-electron chi connectivity index (χ2n) is 9.10. The summed E-state index contributed by atoms with van der Waals surface area (Å²) in [7, 11) is 0. The van der Waals surface area contributed by atoms with Crippen LogP contribution >= 0.6 is 0 Å². The number of nitrogens with one attached hydrogen (secondary N) is 1. The number of fused-ring (bicyclic) bond motifs is 1. The van der Waals surface area contributed by atoms with Crippen LogP contribution in [0.25, 0.3) is 0 Å².